The van der Waals surface area contributed by atoms with Crippen LogP contribution in [0.5, 0.6) is 5.75 Å². The van der Waals surface area contributed by atoms with Gasteiger partial charge in [-0.3, -0.25) is 14.5 Å². The number of carbonyl (C=O) groups excluding carboxylic acids is 1. The van der Waals surface area contributed by atoms with Gasteiger partial charge in [0.1, 0.15) is 11.3 Å². The van der Waals surface area contributed by atoms with Crippen molar-refractivity contribution >= 4 is 22.6 Å². The molecule has 1 aliphatic heterocycles. The molecule has 1 aliphatic rings. The number of amides is 1. The van der Waals surface area contributed by atoms with Crippen LogP contribution in [0.3, 0.4) is 0 Å². The molecule has 1 unspecified atom stereocenters. The Hall–Kier alpha value is -3.86. The predicted octanol–water partition coefficient (Wildman–Crippen LogP) is 4.86. The molecule has 0 bridgehead atoms. The molecule has 0 saturated heterocycles. The molecule has 0 aliphatic carbocycles. The van der Waals surface area contributed by atoms with Crippen LogP contribution in [0.4, 0.5) is 5.69 Å². The second-order valence-corrected chi connectivity index (χ2v) is 7.36. The highest BCUT2D eigenvalue weighted by molar-refractivity contribution is 6.10. The lowest BCUT2D eigenvalue weighted by Crippen LogP contribution is -2.29. The third kappa shape index (κ3) is 2.70. The van der Waals surface area contributed by atoms with Crippen LogP contribution < -0.4 is 15.1 Å². The van der Waals surface area contributed by atoms with E-state index < -0.39 is 6.04 Å². The quantitative estimate of drug-likeness (QED) is 0.495. The Kier molecular flexibility index (Phi) is 4.17. The predicted molar refractivity (Wildman–Crippen MR) is 115 cm³/mol. The zero-order valence-electron chi connectivity index (χ0n) is 16.6. The van der Waals surface area contributed by atoms with Crippen LogP contribution in [0.25, 0.3) is 11.0 Å². The summed E-state index contributed by atoms with van der Waals surface area (Å²) in [6.45, 7) is 1.93. The Balaban J connectivity index is 1.79. The molecule has 0 spiro atoms. The molecular formula is C25H19NO4. The van der Waals surface area contributed by atoms with Gasteiger partial charge < -0.3 is 9.15 Å². The second kappa shape index (κ2) is 6.88. The van der Waals surface area contributed by atoms with Gasteiger partial charge in [-0.05, 0) is 48.9 Å². The Morgan fingerprint density at radius 3 is 2.37 bits per heavy atom. The van der Waals surface area contributed by atoms with Crippen molar-refractivity contribution in [2.45, 2.75) is 13.0 Å². The van der Waals surface area contributed by atoms with Crippen molar-refractivity contribution in [3.05, 3.63) is 105 Å². The maximum Gasteiger partial charge on any atom is 0.295 e. The first-order chi connectivity index (χ1) is 14.6. The minimum absolute atomic E-state index is 0.0982. The van der Waals surface area contributed by atoms with Gasteiger partial charge in [-0.1, -0.05) is 42.0 Å². The number of hydrogen-bond acceptors (Lipinski definition) is 4. The number of methoxy groups -OCH3 is 1. The average Bonchev–Trinajstić information content (AvgIpc) is 3.07. The van der Waals surface area contributed by atoms with E-state index in [1.165, 1.54) is 0 Å². The van der Waals surface area contributed by atoms with E-state index in [2.05, 4.69) is 0 Å². The summed E-state index contributed by atoms with van der Waals surface area (Å²) in [6, 6.07) is 21.6. The van der Waals surface area contributed by atoms with Gasteiger partial charge in [-0.25, -0.2) is 0 Å². The van der Waals surface area contributed by atoms with Crippen molar-refractivity contribution in [1.29, 1.82) is 0 Å². The Labute approximate surface area is 173 Å². The fourth-order valence-corrected chi connectivity index (χ4v) is 4.05. The van der Waals surface area contributed by atoms with Gasteiger partial charge in [0.15, 0.2) is 5.43 Å². The van der Waals surface area contributed by atoms with E-state index >= 15 is 0 Å². The van der Waals surface area contributed by atoms with Crippen LogP contribution in [0.2, 0.25) is 0 Å². The minimum atomic E-state index is -0.566. The Morgan fingerprint density at radius 2 is 1.67 bits per heavy atom. The van der Waals surface area contributed by atoms with Crippen molar-refractivity contribution in [2.75, 3.05) is 12.0 Å². The van der Waals surface area contributed by atoms with E-state index in [9.17, 15) is 9.59 Å². The van der Waals surface area contributed by atoms with Gasteiger partial charge in [0.2, 0.25) is 5.76 Å². The first-order valence-corrected chi connectivity index (χ1v) is 9.68. The molecular weight excluding hydrogens is 378 g/mol. The van der Waals surface area contributed by atoms with E-state index in [-0.39, 0.29) is 17.1 Å². The summed E-state index contributed by atoms with van der Waals surface area (Å²) in [5, 5.41) is 0.485. The molecule has 1 amide bonds. The molecule has 148 valence electrons. The number of nitrogens with zero attached hydrogens (tertiary/aromatic N) is 1. The van der Waals surface area contributed by atoms with Crippen molar-refractivity contribution in [3.63, 3.8) is 0 Å². The van der Waals surface area contributed by atoms with Gasteiger partial charge in [-0.15, -0.1) is 0 Å². The maximum absolute atomic E-state index is 13.5. The number of fused-ring (bicyclic) bond motifs is 2. The summed E-state index contributed by atoms with van der Waals surface area (Å²) in [7, 11) is 1.59. The monoisotopic (exact) mass is 397 g/mol. The molecule has 4 aromatic rings. The lowest BCUT2D eigenvalue weighted by Gasteiger charge is -2.25. The smallest absolute Gasteiger partial charge is 0.295 e. The summed E-state index contributed by atoms with van der Waals surface area (Å²) in [6.07, 6.45) is 0. The van der Waals surface area contributed by atoms with Crippen LogP contribution in [0.15, 0.2) is 82.0 Å². The molecule has 2 heterocycles. The Bertz CT molecular complexity index is 1320. The number of anilines is 1. The molecule has 0 saturated carbocycles. The molecule has 1 atom stereocenters. The highest BCUT2D eigenvalue weighted by atomic mass is 16.5. The molecule has 1 aromatic heterocycles. The highest BCUT2D eigenvalue weighted by Crippen LogP contribution is 2.41. The van der Waals surface area contributed by atoms with Gasteiger partial charge in [0.25, 0.3) is 5.91 Å². The van der Waals surface area contributed by atoms with E-state index in [1.807, 2.05) is 61.5 Å². The molecule has 5 heteroatoms. The average molecular weight is 397 g/mol. The molecule has 3 aromatic carbocycles. The summed E-state index contributed by atoms with van der Waals surface area (Å²) in [4.78, 5) is 28.6. The number of ether oxygens (including phenoxy) is 1. The first kappa shape index (κ1) is 18.2. The molecule has 5 nitrogen and oxygen atoms in total. The largest absolute Gasteiger partial charge is 0.497 e. The lowest BCUT2D eigenvalue weighted by molar-refractivity contribution is 0.0971. The van der Waals surface area contributed by atoms with Crippen LogP contribution in [0, 0.1) is 6.92 Å². The maximum atomic E-state index is 13.5. The SMILES string of the molecule is COc1ccc(N2C(=O)c3oc4ccc(C)cc4c(=O)c3C2c2ccccc2)cc1. The summed E-state index contributed by atoms with van der Waals surface area (Å²) in [5.74, 6) is 0.458. The number of hydrogen-bond donors (Lipinski definition) is 0. The van der Waals surface area contributed by atoms with E-state index in [4.69, 9.17) is 9.15 Å². The number of aryl methyl sites for hydroxylation is 1. The molecule has 0 radical (unpaired) electrons. The number of rotatable bonds is 3. The van der Waals surface area contributed by atoms with Gasteiger partial charge in [-0.2, -0.15) is 0 Å². The van der Waals surface area contributed by atoms with Gasteiger partial charge >= 0.3 is 0 Å². The minimum Gasteiger partial charge on any atom is -0.497 e. The van der Waals surface area contributed by atoms with E-state index in [0.29, 0.717) is 28.0 Å². The van der Waals surface area contributed by atoms with Crippen molar-refractivity contribution < 1.29 is 13.9 Å². The number of benzene rings is 3. The second-order valence-electron chi connectivity index (χ2n) is 7.36. The topological polar surface area (TPSA) is 59.8 Å². The third-order valence-corrected chi connectivity index (χ3v) is 5.49. The van der Waals surface area contributed by atoms with Crippen LogP contribution in [0.1, 0.15) is 33.3 Å². The van der Waals surface area contributed by atoms with E-state index in [1.54, 1.807) is 30.2 Å². The molecule has 0 fully saturated rings. The summed E-state index contributed by atoms with van der Waals surface area (Å²) >= 11 is 0. The lowest BCUT2D eigenvalue weighted by atomic mass is 9.98. The summed E-state index contributed by atoms with van der Waals surface area (Å²) < 4.78 is 11.2. The van der Waals surface area contributed by atoms with Crippen molar-refractivity contribution in [1.82, 2.24) is 0 Å². The normalized spacial score (nSPS) is 15.5. The fourth-order valence-electron chi connectivity index (χ4n) is 4.05. The summed E-state index contributed by atoms with van der Waals surface area (Å²) in [5.41, 5.74) is 3.09. The van der Waals surface area contributed by atoms with Crippen LogP contribution >= 0.6 is 0 Å². The van der Waals surface area contributed by atoms with Crippen LogP contribution in [-0.2, 0) is 0 Å². The van der Waals surface area contributed by atoms with Crippen LogP contribution in [-0.4, -0.2) is 13.0 Å². The zero-order chi connectivity index (χ0) is 20.8. The molecule has 0 N–H and O–H groups in total. The molecule has 30 heavy (non-hydrogen) atoms. The van der Waals surface area contributed by atoms with Crippen molar-refractivity contribution in [2.24, 2.45) is 0 Å². The van der Waals surface area contributed by atoms with Gasteiger partial charge in [0, 0.05) is 5.69 Å². The standard InChI is InChI=1S/C25H19NO4/c1-15-8-13-20-19(14-15)23(27)21-22(16-6-4-3-5-7-16)26(25(28)24(21)30-20)17-9-11-18(29-2)12-10-17/h3-14,22H,1-2H3. The van der Waals surface area contributed by atoms with E-state index in [0.717, 1.165) is 11.1 Å². The van der Waals surface area contributed by atoms with Crippen molar-refractivity contribution in [3.8, 4) is 5.75 Å². The van der Waals surface area contributed by atoms with Gasteiger partial charge in [0.05, 0.1) is 24.1 Å². The molecule has 5 rings (SSSR count). The fraction of sp³-hybridized carbons (Fsp3) is 0.120. The number of carbonyl (C=O) groups is 1. The Morgan fingerprint density at radius 1 is 0.933 bits per heavy atom. The first-order valence-electron chi connectivity index (χ1n) is 9.68. The highest BCUT2D eigenvalue weighted by Gasteiger charge is 2.43. The zero-order valence-corrected chi connectivity index (χ0v) is 16.6. The third-order valence-electron chi connectivity index (χ3n) is 5.49.